The Labute approximate surface area is 85.5 Å². The van der Waals surface area contributed by atoms with E-state index >= 15 is 0 Å². The van der Waals surface area contributed by atoms with Gasteiger partial charge in [-0.3, -0.25) is 9.59 Å². The van der Waals surface area contributed by atoms with E-state index in [4.69, 9.17) is 0 Å². The summed E-state index contributed by atoms with van der Waals surface area (Å²) in [6.07, 6.45) is 2.51. The average molecular weight is 197 g/mol. The predicted octanol–water partition coefficient (Wildman–Crippen LogP) is 1.61. The molecule has 1 aliphatic rings. The van der Waals surface area contributed by atoms with Gasteiger partial charge in [0.05, 0.1) is 0 Å². The number of hydrogen-bond acceptors (Lipinski definition) is 2. The normalized spacial score (nSPS) is 19.6. The lowest BCUT2D eigenvalue weighted by Crippen LogP contribution is -2.35. The van der Waals surface area contributed by atoms with Crippen LogP contribution in [0, 0.1) is 5.92 Å². The van der Waals surface area contributed by atoms with Crippen molar-refractivity contribution in [2.75, 3.05) is 6.54 Å². The van der Waals surface area contributed by atoms with Gasteiger partial charge in [-0.1, -0.05) is 13.8 Å². The van der Waals surface area contributed by atoms with Gasteiger partial charge < -0.3 is 4.90 Å². The third kappa shape index (κ3) is 2.56. The van der Waals surface area contributed by atoms with E-state index < -0.39 is 0 Å². The van der Waals surface area contributed by atoms with Crippen LogP contribution in [0.2, 0.25) is 0 Å². The van der Waals surface area contributed by atoms with Crippen molar-refractivity contribution >= 4 is 11.7 Å². The first-order valence-corrected chi connectivity index (χ1v) is 5.36. The quantitative estimate of drug-likeness (QED) is 0.642. The third-order valence-corrected chi connectivity index (χ3v) is 2.77. The van der Waals surface area contributed by atoms with Gasteiger partial charge in [0.15, 0.2) is 0 Å². The molecule has 0 radical (unpaired) electrons. The zero-order valence-electron chi connectivity index (χ0n) is 9.25. The van der Waals surface area contributed by atoms with Crippen LogP contribution in [0.15, 0.2) is 0 Å². The maximum absolute atomic E-state index is 11.4. The maximum Gasteiger partial charge on any atom is 0.290 e. The first kappa shape index (κ1) is 11.2. The lowest BCUT2D eigenvalue weighted by Gasteiger charge is -2.23. The molecular formula is C11H19NO2. The van der Waals surface area contributed by atoms with Crippen molar-refractivity contribution in [3.05, 3.63) is 0 Å². The second-order valence-corrected chi connectivity index (χ2v) is 4.49. The number of carbonyl (C=O) groups excluding carboxylic acids is 2. The number of amides is 1. The van der Waals surface area contributed by atoms with Crippen LogP contribution in [0.4, 0.5) is 0 Å². The van der Waals surface area contributed by atoms with E-state index in [2.05, 4.69) is 13.8 Å². The second kappa shape index (κ2) is 4.58. The Balaban J connectivity index is 2.41. The number of ketones is 1. The largest absolute Gasteiger partial charge is 0.333 e. The molecule has 1 unspecified atom stereocenters. The highest BCUT2D eigenvalue weighted by molar-refractivity contribution is 6.37. The van der Waals surface area contributed by atoms with Crippen molar-refractivity contribution in [3.63, 3.8) is 0 Å². The Morgan fingerprint density at radius 3 is 2.29 bits per heavy atom. The molecule has 0 bridgehead atoms. The van der Waals surface area contributed by atoms with Gasteiger partial charge in [-0.15, -0.1) is 0 Å². The summed E-state index contributed by atoms with van der Waals surface area (Å²) in [6, 6.07) is 0.219. The lowest BCUT2D eigenvalue weighted by atomic mass is 10.0. The van der Waals surface area contributed by atoms with Crippen molar-refractivity contribution in [2.45, 2.75) is 46.1 Å². The number of nitrogens with zero attached hydrogens (tertiary/aromatic N) is 1. The van der Waals surface area contributed by atoms with E-state index in [-0.39, 0.29) is 17.7 Å². The van der Waals surface area contributed by atoms with Gasteiger partial charge in [0.1, 0.15) is 0 Å². The summed E-state index contributed by atoms with van der Waals surface area (Å²) in [7, 11) is 0. The van der Waals surface area contributed by atoms with Crippen LogP contribution in [0.5, 0.6) is 0 Å². The molecule has 0 aliphatic carbocycles. The van der Waals surface area contributed by atoms with Gasteiger partial charge >= 0.3 is 0 Å². The summed E-state index contributed by atoms with van der Waals surface area (Å²) in [5.74, 6) is 0.161. The van der Waals surface area contributed by atoms with Gasteiger partial charge in [-0.05, 0) is 25.7 Å². The smallest absolute Gasteiger partial charge is 0.290 e. The first-order chi connectivity index (χ1) is 6.52. The van der Waals surface area contributed by atoms with E-state index in [1.807, 2.05) is 6.92 Å². The molecule has 1 heterocycles. The standard InChI is InChI=1S/C11H19NO2/c1-8(2)4-5-9(3)12-7-6-10(13)11(12)14/h8-9H,4-7H2,1-3H3. The monoisotopic (exact) mass is 197 g/mol. The summed E-state index contributed by atoms with van der Waals surface area (Å²) in [5.41, 5.74) is 0. The Kier molecular flexibility index (Phi) is 3.67. The lowest BCUT2D eigenvalue weighted by molar-refractivity contribution is -0.141. The fraction of sp³-hybridized carbons (Fsp3) is 0.818. The minimum atomic E-state index is -0.277. The van der Waals surface area contributed by atoms with Crippen LogP contribution in [-0.4, -0.2) is 29.2 Å². The maximum atomic E-state index is 11.4. The zero-order chi connectivity index (χ0) is 10.7. The summed E-state index contributed by atoms with van der Waals surface area (Å²) in [5, 5.41) is 0. The molecule has 1 rings (SSSR count). The van der Waals surface area contributed by atoms with Crippen molar-refractivity contribution in [3.8, 4) is 0 Å². The van der Waals surface area contributed by atoms with Crippen LogP contribution in [0.1, 0.15) is 40.0 Å². The molecule has 1 aliphatic heterocycles. The molecule has 1 amide bonds. The molecule has 0 aromatic rings. The molecule has 1 fully saturated rings. The minimum Gasteiger partial charge on any atom is -0.333 e. The average Bonchev–Trinajstić information content (AvgIpc) is 2.44. The molecule has 0 aromatic carbocycles. The predicted molar refractivity (Wildman–Crippen MR) is 54.9 cm³/mol. The number of hydrogen-bond donors (Lipinski definition) is 0. The number of Topliss-reactive ketones (excluding diaryl/α,β-unsaturated/α-hetero) is 1. The molecule has 0 aromatic heterocycles. The van der Waals surface area contributed by atoms with E-state index in [0.717, 1.165) is 12.8 Å². The van der Waals surface area contributed by atoms with Crippen LogP contribution in [0.25, 0.3) is 0 Å². The molecule has 0 N–H and O–H groups in total. The summed E-state index contributed by atoms with van der Waals surface area (Å²) in [6.45, 7) is 6.99. The van der Waals surface area contributed by atoms with Crippen LogP contribution in [-0.2, 0) is 9.59 Å². The van der Waals surface area contributed by atoms with Crippen LogP contribution in [0.3, 0.4) is 0 Å². The summed E-state index contributed by atoms with van der Waals surface area (Å²) >= 11 is 0. The molecular weight excluding hydrogens is 178 g/mol. The van der Waals surface area contributed by atoms with E-state index in [1.165, 1.54) is 0 Å². The van der Waals surface area contributed by atoms with Crippen molar-refractivity contribution in [1.29, 1.82) is 0 Å². The van der Waals surface area contributed by atoms with Gasteiger partial charge in [0.25, 0.3) is 5.91 Å². The van der Waals surface area contributed by atoms with E-state index in [1.54, 1.807) is 4.90 Å². The fourth-order valence-electron chi connectivity index (χ4n) is 1.74. The fourth-order valence-corrected chi connectivity index (χ4v) is 1.74. The van der Waals surface area contributed by atoms with Gasteiger partial charge in [0, 0.05) is 19.0 Å². The highest BCUT2D eigenvalue weighted by Crippen LogP contribution is 2.16. The third-order valence-electron chi connectivity index (χ3n) is 2.77. The highest BCUT2D eigenvalue weighted by Gasteiger charge is 2.32. The molecule has 0 spiro atoms. The summed E-state index contributed by atoms with van der Waals surface area (Å²) in [4.78, 5) is 24.1. The SMILES string of the molecule is CC(C)CCC(C)N1CCC(=O)C1=O. The van der Waals surface area contributed by atoms with E-state index in [9.17, 15) is 9.59 Å². The molecule has 3 heteroatoms. The molecule has 3 nitrogen and oxygen atoms in total. The molecule has 80 valence electrons. The Bertz CT molecular complexity index is 235. The minimum absolute atomic E-state index is 0.219. The number of carbonyl (C=O) groups is 2. The molecule has 1 saturated heterocycles. The topological polar surface area (TPSA) is 37.4 Å². The molecule has 1 atom stereocenters. The van der Waals surface area contributed by atoms with Crippen molar-refractivity contribution < 1.29 is 9.59 Å². The van der Waals surface area contributed by atoms with Crippen LogP contribution >= 0.6 is 0 Å². The Morgan fingerprint density at radius 2 is 1.86 bits per heavy atom. The van der Waals surface area contributed by atoms with Gasteiger partial charge in [0.2, 0.25) is 5.78 Å². The van der Waals surface area contributed by atoms with Gasteiger partial charge in [-0.2, -0.15) is 0 Å². The molecule has 14 heavy (non-hydrogen) atoms. The first-order valence-electron chi connectivity index (χ1n) is 5.36. The highest BCUT2D eigenvalue weighted by atomic mass is 16.2. The van der Waals surface area contributed by atoms with Crippen molar-refractivity contribution in [2.24, 2.45) is 5.92 Å². The van der Waals surface area contributed by atoms with Crippen molar-refractivity contribution in [1.82, 2.24) is 4.90 Å². The van der Waals surface area contributed by atoms with Crippen LogP contribution < -0.4 is 0 Å². The Hall–Kier alpha value is -0.860. The summed E-state index contributed by atoms with van der Waals surface area (Å²) < 4.78 is 0. The van der Waals surface area contributed by atoms with E-state index in [0.29, 0.717) is 18.9 Å². The zero-order valence-corrected chi connectivity index (χ0v) is 9.25. The Morgan fingerprint density at radius 1 is 1.21 bits per heavy atom. The number of rotatable bonds is 4. The number of likely N-dealkylation sites (tertiary alicyclic amines) is 1. The molecule has 0 saturated carbocycles. The van der Waals surface area contributed by atoms with Gasteiger partial charge in [-0.25, -0.2) is 0 Å². The second-order valence-electron chi connectivity index (χ2n) is 4.49.